The van der Waals surface area contributed by atoms with Crippen molar-refractivity contribution in [2.24, 2.45) is 0 Å². The van der Waals surface area contributed by atoms with Crippen LogP contribution in [0, 0.1) is 6.92 Å². The topological polar surface area (TPSA) is 59.5 Å². The number of hydrogen-bond acceptors (Lipinski definition) is 6. The molecule has 0 atom stereocenters. The van der Waals surface area contributed by atoms with Gasteiger partial charge in [0.05, 0.1) is 5.69 Å². The molecule has 1 amide bonds. The van der Waals surface area contributed by atoms with Gasteiger partial charge in [0.1, 0.15) is 9.88 Å². The largest absolute Gasteiger partial charge is 0.451 e. The SMILES string of the molecule is CCc1ccc(-c2nc(C)c(C(=O)OCC(=O)N3CCc4sccc4C3)s2)cc1. The number of carbonyl (C=O) groups is 2. The lowest BCUT2D eigenvalue weighted by Crippen LogP contribution is -2.38. The van der Waals surface area contributed by atoms with E-state index in [2.05, 4.69) is 35.5 Å². The Kier molecular flexibility index (Phi) is 5.78. The van der Waals surface area contributed by atoms with Gasteiger partial charge in [0.2, 0.25) is 0 Å². The second kappa shape index (κ2) is 8.47. The molecule has 4 rings (SSSR count). The number of benzene rings is 1. The van der Waals surface area contributed by atoms with Crippen LogP contribution < -0.4 is 0 Å². The number of nitrogens with zero attached hydrogens (tertiary/aromatic N) is 2. The molecule has 0 aliphatic carbocycles. The molecule has 2 aromatic heterocycles. The minimum absolute atomic E-state index is 0.159. The van der Waals surface area contributed by atoms with Gasteiger partial charge in [-0.2, -0.15) is 0 Å². The van der Waals surface area contributed by atoms with Gasteiger partial charge >= 0.3 is 5.97 Å². The Bertz CT molecular complexity index is 1040. The van der Waals surface area contributed by atoms with E-state index < -0.39 is 5.97 Å². The molecule has 0 unspecified atom stereocenters. The summed E-state index contributed by atoms with van der Waals surface area (Å²) in [4.78, 5) is 33.1. The Morgan fingerprint density at radius 1 is 1.21 bits per heavy atom. The van der Waals surface area contributed by atoms with Crippen molar-refractivity contribution in [3.8, 4) is 10.6 Å². The van der Waals surface area contributed by atoms with Gasteiger partial charge in [0.15, 0.2) is 6.61 Å². The Balaban J connectivity index is 1.38. The number of rotatable bonds is 5. The number of fused-ring (bicyclic) bond motifs is 1. The lowest BCUT2D eigenvalue weighted by molar-refractivity contribution is -0.135. The third kappa shape index (κ3) is 4.26. The molecular formula is C22H22N2O3S2. The molecule has 7 heteroatoms. The predicted octanol–water partition coefficient (Wildman–Crippen LogP) is 4.48. The van der Waals surface area contributed by atoms with Crippen LogP contribution in [0.25, 0.3) is 10.6 Å². The number of carbonyl (C=O) groups excluding carboxylic acids is 2. The van der Waals surface area contributed by atoms with Crippen molar-refractivity contribution < 1.29 is 14.3 Å². The summed E-state index contributed by atoms with van der Waals surface area (Å²) in [6, 6.07) is 10.2. The Morgan fingerprint density at radius 3 is 2.76 bits per heavy atom. The first-order valence-corrected chi connectivity index (χ1v) is 11.3. The lowest BCUT2D eigenvalue weighted by atomic mass is 10.1. The highest BCUT2D eigenvalue weighted by Crippen LogP contribution is 2.29. The van der Waals surface area contributed by atoms with Crippen LogP contribution in [0.1, 0.15) is 38.3 Å². The van der Waals surface area contributed by atoms with Crippen molar-refractivity contribution in [2.75, 3.05) is 13.2 Å². The van der Waals surface area contributed by atoms with Crippen molar-refractivity contribution in [1.29, 1.82) is 0 Å². The zero-order valence-corrected chi connectivity index (χ0v) is 18.1. The summed E-state index contributed by atoms with van der Waals surface area (Å²) in [5.41, 5.74) is 4.05. The van der Waals surface area contributed by atoms with Crippen LogP contribution in [0.15, 0.2) is 35.7 Å². The quantitative estimate of drug-likeness (QED) is 0.564. The highest BCUT2D eigenvalue weighted by Gasteiger charge is 2.24. The number of ether oxygens (including phenoxy) is 1. The molecule has 5 nitrogen and oxygen atoms in total. The fourth-order valence-electron chi connectivity index (χ4n) is 3.34. The summed E-state index contributed by atoms with van der Waals surface area (Å²) in [6.45, 7) is 4.92. The number of aromatic nitrogens is 1. The second-order valence-electron chi connectivity index (χ2n) is 6.99. The average Bonchev–Trinajstić information content (AvgIpc) is 3.37. The maximum absolute atomic E-state index is 12.5. The Morgan fingerprint density at radius 2 is 2.00 bits per heavy atom. The molecule has 0 saturated heterocycles. The summed E-state index contributed by atoms with van der Waals surface area (Å²) in [5.74, 6) is -0.647. The van der Waals surface area contributed by atoms with Gasteiger partial charge in [-0.3, -0.25) is 4.79 Å². The monoisotopic (exact) mass is 426 g/mol. The van der Waals surface area contributed by atoms with Crippen molar-refractivity contribution in [3.63, 3.8) is 0 Å². The number of amides is 1. The molecule has 3 aromatic rings. The first kappa shape index (κ1) is 19.8. The van der Waals surface area contributed by atoms with Crippen molar-refractivity contribution in [2.45, 2.75) is 33.2 Å². The van der Waals surface area contributed by atoms with E-state index in [0.29, 0.717) is 23.7 Å². The highest BCUT2D eigenvalue weighted by atomic mass is 32.1. The Hall–Kier alpha value is -2.51. The molecule has 1 aromatic carbocycles. The van der Waals surface area contributed by atoms with Crippen LogP contribution in [0.4, 0.5) is 0 Å². The smallest absolute Gasteiger partial charge is 0.350 e. The van der Waals surface area contributed by atoms with E-state index in [4.69, 9.17) is 4.74 Å². The molecule has 1 aliphatic rings. The van der Waals surface area contributed by atoms with Crippen LogP contribution in [-0.2, 0) is 28.9 Å². The van der Waals surface area contributed by atoms with Gasteiger partial charge in [0, 0.05) is 23.5 Å². The maximum atomic E-state index is 12.5. The molecule has 0 fully saturated rings. The molecule has 0 saturated carbocycles. The van der Waals surface area contributed by atoms with Crippen LogP contribution in [0.5, 0.6) is 0 Å². The van der Waals surface area contributed by atoms with Gasteiger partial charge in [-0.25, -0.2) is 9.78 Å². The van der Waals surface area contributed by atoms with E-state index >= 15 is 0 Å². The zero-order valence-electron chi connectivity index (χ0n) is 16.4. The molecule has 0 bridgehead atoms. The standard InChI is InChI=1S/C22H22N2O3S2/c1-3-15-4-6-16(7-5-15)21-23-14(2)20(29-21)22(26)27-13-19(25)24-10-8-18-17(12-24)9-11-28-18/h4-7,9,11H,3,8,10,12-13H2,1-2H3. The molecule has 1 aliphatic heterocycles. The van der Waals surface area contributed by atoms with Crippen LogP contribution in [-0.4, -0.2) is 34.9 Å². The average molecular weight is 427 g/mol. The summed E-state index contributed by atoms with van der Waals surface area (Å²) in [7, 11) is 0. The minimum Gasteiger partial charge on any atom is -0.451 e. The van der Waals surface area contributed by atoms with Crippen LogP contribution in [0.3, 0.4) is 0 Å². The molecule has 150 valence electrons. The highest BCUT2D eigenvalue weighted by molar-refractivity contribution is 7.17. The first-order chi connectivity index (χ1) is 14.0. The van der Waals surface area contributed by atoms with Gasteiger partial charge in [-0.1, -0.05) is 31.2 Å². The Labute approximate surface area is 178 Å². The van der Waals surface area contributed by atoms with E-state index in [1.807, 2.05) is 12.1 Å². The fourth-order valence-corrected chi connectivity index (χ4v) is 5.19. The maximum Gasteiger partial charge on any atom is 0.350 e. The van der Waals surface area contributed by atoms with Crippen molar-refractivity contribution in [1.82, 2.24) is 9.88 Å². The van der Waals surface area contributed by atoms with E-state index in [1.165, 1.54) is 27.3 Å². The predicted molar refractivity (Wildman–Crippen MR) is 115 cm³/mol. The summed E-state index contributed by atoms with van der Waals surface area (Å²) in [6.07, 6.45) is 1.84. The van der Waals surface area contributed by atoms with Crippen LogP contribution >= 0.6 is 22.7 Å². The lowest BCUT2D eigenvalue weighted by Gasteiger charge is -2.26. The number of thiazole rings is 1. The second-order valence-corrected chi connectivity index (χ2v) is 8.99. The normalized spacial score (nSPS) is 13.2. The van der Waals surface area contributed by atoms with E-state index in [-0.39, 0.29) is 12.5 Å². The number of esters is 1. The van der Waals surface area contributed by atoms with E-state index in [9.17, 15) is 9.59 Å². The molecule has 29 heavy (non-hydrogen) atoms. The first-order valence-electron chi connectivity index (χ1n) is 9.62. The van der Waals surface area contributed by atoms with Crippen LogP contribution in [0.2, 0.25) is 0 Å². The minimum atomic E-state index is -0.488. The third-order valence-corrected chi connectivity index (χ3v) is 7.29. The number of hydrogen-bond donors (Lipinski definition) is 0. The van der Waals surface area contributed by atoms with Gasteiger partial charge in [-0.05, 0) is 42.3 Å². The summed E-state index contributed by atoms with van der Waals surface area (Å²) >= 11 is 3.03. The fraction of sp³-hybridized carbons (Fsp3) is 0.318. The number of thiophene rings is 1. The van der Waals surface area contributed by atoms with Gasteiger partial charge < -0.3 is 9.64 Å². The summed E-state index contributed by atoms with van der Waals surface area (Å²) < 4.78 is 5.32. The molecular weight excluding hydrogens is 404 g/mol. The molecule has 0 radical (unpaired) electrons. The zero-order chi connectivity index (χ0) is 20.4. The van der Waals surface area contributed by atoms with Gasteiger partial charge in [0.25, 0.3) is 5.91 Å². The van der Waals surface area contributed by atoms with Crippen molar-refractivity contribution >= 4 is 34.6 Å². The molecule has 3 heterocycles. The number of aryl methyl sites for hydroxylation is 2. The molecule has 0 N–H and O–H groups in total. The van der Waals surface area contributed by atoms with E-state index in [1.54, 1.807) is 23.2 Å². The third-order valence-electron chi connectivity index (χ3n) is 5.08. The van der Waals surface area contributed by atoms with Gasteiger partial charge in [-0.15, -0.1) is 22.7 Å². The van der Waals surface area contributed by atoms with E-state index in [0.717, 1.165) is 23.4 Å². The summed E-state index contributed by atoms with van der Waals surface area (Å²) in [5, 5.41) is 2.84. The molecule has 0 spiro atoms. The van der Waals surface area contributed by atoms with Crippen molar-refractivity contribution in [3.05, 3.63) is 62.3 Å².